The van der Waals surface area contributed by atoms with Crippen LogP contribution in [0, 0.1) is 0 Å². The number of aromatic carboxylic acids is 1. The summed E-state index contributed by atoms with van der Waals surface area (Å²) in [5.41, 5.74) is 0.386. The van der Waals surface area contributed by atoms with Crippen LogP contribution in [0.3, 0.4) is 0 Å². The fourth-order valence-electron chi connectivity index (χ4n) is 1.39. The first kappa shape index (κ1) is 15.0. The highest BCUT2D eigenvalue weighted by atomic mass is 19.4. The number of nitrogens with zero attached hydrogens (tertiary/aromatic N) is 1. The van der Waals surface area contributed by atoms with Gasteiger partial charge in [0.15, 0.2) is 0 Å². The maximum Gasteiger partial charge on any atom is 0.389 e. The SMILES string of the molecule is CN(C(=O)CCC(F)(F)F)c1ccc(C(=O)O)cc1. The average molecular weight is 275 g/mol. The van der Waals surface area contributed by atoms with Gasteiger partial charge in [-0.1, -0.05) is 0 Å². The molecule has 4 nitrogen and oxygen atoms in total. The molecule has 19 heavy (non-hydrogen) atoms. The van der Waals surface area contributed by atoms with Crippen molar-refractivity contribution in [3.63, 3.8) is 0 Å². The summed E-state index contributed by atoms with van der Waals surface area (Å²) in [6.07, 6.45) is -6.19. The van der Waals surface area contributed by atoms with Crippen LogP contribution in [-0.2, 0) is 4.79 Å². The number of carbonyl (C=O) groups is 2. The second kappa shape index (κ2) is 5.73. The molecule has 0 aromatic heterocycles. The number of rotatable bonds is 4. The Kier molecular flexibility index (Phi) is 4.52. The average Bonchev–Trinajstić information content (AvgIpc) is 2.34. The Hall–Kier alpha value is -2.05. The lowest BCUT2D eigenvalue weighted by Crippen LogP contribution is -2.27. The van der Waals surface area contributed by atoms with Crippen molar-refractivity contribution in [2.24, 2.45) is 0 Å². The summed E-state index contributed by atoms with van der Waals surface area (Å²) < 4.78 is 36.0. The molecule has 0 radical (unpaired) electrons. The number of benzene rings is 1. The standard InChI is InChI=1S/C12H12F3NO3/c1-16(10(17)6-7-12(13,14)15)9-4-2-8(3-5-9)11(18)19/h2-5H,6-7H2,1H3,(H,18,19). The third kappa shape index (κ3) is 4.61. The largest absolute Gasteiger partial charge is 0.478 e. The minimum Gasteiger partial charge on any atom is -0.478 e. The molecule has 1 aromatic carbocycles. The first-order valence-electron chi connectivity index (χ1n) is 5.37. The molecule has 0 aliphatic rings. The van der Waals surface area contributed by atoms with Gasteiger partial charge < -0.3 is 10.0 Å². The van der Waals surface area contributed by atoms with E-state index in [1.165, 1.54) is 31.3 Å². The van der Waals surface area contributed by atoms with E-state index in [0.717, 1.165) is 4.90 Å². The molecule has 1 aromatic rings. The van der Waals surface area contributed by atoms with Gasteiger partial charge in [-0.25, -0.2) is 4.79 Å². The van der Waals surface area contributed by atoms with E-state index in [4.69, 9.17) is 5.11 Å². The summed E-state index contributed by atoms with van der Waals surface area (Å²) in [4.78, 5) is 23.2. The van der Waals surface area contributed by atoms with E-state index in [1.54, 1.807) is 0 Å². The van der Waals surface area contributed by atoms with Crippen LogP contribution in [0.25, 0.3) is 0 Å². The summed E-state index contributed by atoms with van der Waals surface area (Å²) in [7, 11) is 1.34. The van der Waals surface area contributed by atoms with Crippen molar-refractivity contribution in [2.45, 2.75) is 19.0 Å². The molecule has 0 atom stereocenters. The van der Waals surface area contributed by atoms with Crippen LogP contribution >= 0.6 is 0 Å². The summed E-state index contributed by atoms with van der Waals surface area (Å²) >= 11 is 0. The molecule has 1 rings (SSSR count). The molecule has 0 saturated carbocycles. The summed E-state index contributed by atoms with van der Waals surface area (Å²) in [5.74, 6) is -1.79. The first-order valence-corrected chi connectivity index (χ1v) is 5.37. The molecular weight excluding hydrogens is 263 g/mol. The predicted octanol–water partition coefficient (Wildman–Crippen LogP) is 2.69. The van der Waals surface area contributed by atoms with E-state index in [9.17, 15) is 22.8 Å². The van der Waals surface area contributed by atoms with Crippen LogP contribution in [0.15, 0.2) is 24.3 Å². The van der Waals surface area contributed by atoms with Crippen LogP contribution < -0.4 is 4.90 Å². The molecule has 0 aliphatic heterocycles. The van der Waals surface area contributed by atoms with Gasteiger partial charge in [-0.3, -0.25) is 4.79 Å². The Bertz CT molecular complexity index is 468. The Morgan fingerprint density at radius 2 is 1.74 bits per heavy atom. The Morgan fingerprint density at radius 1 is 1.21 bits per heavy atom. The second-order valence-electron chi connectivity index (χ2n) is 3.92. The van der Waals surface area contributed by atoms with Gasteiger partial charge in [-0.15, -0.1) is 0 Å². The van der Waals surface area contributed by atoms with Crippen molar-refractivity contribution >= 4 is 17.6 Å². The van der Waals surface area contributed by atoms with Crippen LogP contribution in [0.1, 0.15) is 23.2 Å². The van der Waals surface area contributed by atoms with Gasteiger partial charge in [0.05, 0.1) is 12.0 Å². The topological polar surface area (TPSA) is 57.6 Å². The molecule has 0 spiro atoms. The van der Waals surface area contributed by atoms with E-state index < -0.39 is 30.9 Å². The molecule has 104 valence electrons. The van der Waals surface area contributed by atoms with E-state index in [1.807, 2.05) is 0 Å². The minimum absolute atomic E-state index is 0.0416. The van der Waals surface area contributed by atoms with Crippen molar-refractivity contribution < 1.29 is 27.9 Å². The Morgan fingerprint density at radius 3 is 2.16 bits per heavy atom. The first-order chi connectivity index (χ1) is 8.70. The normalized spacial score (nSPS) is 11.2. The lowest BCUT2D eigenvalue weighted by atomic mass is 10.2. The summed E-state index contributed by atoms with van der Waals surface area (Å²) in [6.45, 7) is 0. The van der Waals surface area contributed by atoms with Crippen LogP contribution in [0.2, 0.25) is 0 Å². The molecule has 0 aliphatic carbocycles. The van der Waals surface area contributed by atoms with E-state index >= 15 is 0 Å². The molecule has 7 heteroatoms. The fourth-order valence-corrected chi connectivity index (χ4v) is 1.39. The third-order valence-electron chi connectivity index (χ3n) is 2.50. The van der Waals surface area contributed by atoms with E-state index in [2.05, 4.69) is 0 Å². The van der Waals surface area contributed by atoms with Crippen molar-refractivity contribution in [1.82, 2.24) is 0 Å². The molecule has 0 bridgehead atoms. The highest BCUT2D eigenvalue weighted by Gasteiger charge is 2.28. The smallest absolute Gasteiger partial charge is 0.389 e. The van der Waals surface area contributed by atoms with Gasteiger partial charge in [0, 0.05) is 19.2 Å². The molecule has 0 saturated heterocycles. The van der Waals surface area contributed by atoms with Gasteiger partial charge in [-0.2, -0.15) is 13.2 Å². The summed E-state index contributed by atoms with van der Waals surface area (Å²) in [6, 6.07) is 5.31. The number of anilines is 1. The van der Waals surface area contributed by atoms with Crippen molar-refractivity contribution in [3.05, 3.63) is 29.8 Å². The zero-order valence-electron chi connectivity index (χ0n) is 10.1. The Labute approximate surface area is 107 Å². The molecule has 0 heterocycles. The quantitative estimate of drug-likeness (QED) is 0.919. The minimum atomic E-state index is -4.37. The van der Waals surface area contributed by atoms with Gasteiger partial charge in [-0.05, 0) is 24.3 Å². The van der Waals surface area contributed by atoms with Crippen molar-refractivity contribution in [3.8, 4) is 0 Å². The van der Waals surface area contributed by atoms with E-state index in [0.29, 0.717) is 5.69 Å². The second-order valence-corrected chi connectivity index (χ2v) is 3.92. The van der Waals surface area contributed by atoms with E-state index in [-0.39, 0.29) is 5.56 Å². The lowest BCUT2D eigenvalue weighted by Gasteiger charge is -2.18. The van der Waals surface area contributed by atoms with Gasteiger partial charge in [0.25, 0.3) is 0 Å². The third-order valence-corrected chi connectivity index (χ3v) is 2.50. The van der Waals surface area contributed by atoms with Crippen molar-refractivity contribution in [2.75, 3.05) is 11.9 Å². The maximum absolute atomic E-state index is 12.0. The Balaban J connectivity index is 2.69. The zero-order chi connectivity index (χ0) is 14.6. The monoisotopic (exact) mass is 275 g/mol. The molecule has 0 fully saturated rings. The number of hydrogen-bond acceptors (Lipinski definition) is 2. The van der Waals surface area contributed by atoms with Crippen LogP contribution in [0.4, 0.5) is 18.9 Å². The van der Waals surface area contributed by atoms with Crippen LogP contribution in [-0.4, -0.2) is 30.2 Å². The number of hydrogen-bond donors (Lipinski definition) is 1. The molecule has 1 N–H and O–H groups in total. The summed E-state index contributed by atoms with van der Waals surface area (Å²) in [5, 5.41) is 8.69. The maximum atomic E-state index is 12.0. The molecule has 1 amide bonds. The number of carbonyl (C=O) groups excluding carboxylic acids is 1. The highest BCUT2D eigenvalue weighted by Crippen LogP contribution is 2.23. The highest BCUT2D eigenvalue weighted by molar-refractivity contribution is 5.94. The molecule has 0 unspecified atom stereocenters. The van der Waals surface area contributed by atoms with Gasteiger partial charge >= 0.3 is 12.1 Å². The van der Waals surface area contributed by atoms with Gasteiger partial charge in [0.2, 0.25) is 5.91 Å². The van der Waals surface area contributed by atoms with Crippen molar-refractivity contribution in [1.29, 1.82) is 0 Å². The predicted molar refractivity (Wildman–Crippen MR) is 62.1 cm³/mol. The number of halogens is 3. The fraction of sp³-hybridized carbons (Fsp3) is 0.333. The molecular formula is C12H12F3NO3. The lowest BCUT2D eigenvalue weighted by molar-refractivity contribution is -0.142. The zero-order valence-corrected chi connectivity index (χ0v) is 10.1. The van der Waals surface area contributed by atoms with Gasteiger partial charge in [0.1, 0.15) is 0 Å². The number of amides is 1. The number of carboxylic acids is 1. The van der Waals surface area contributed by atoms with Crippen LogP contribution in [0.5, 0.6) is 0 Å². The number of carboxylic acid groups (broad SMARTS) is 1. The number of alkyl halides is 3.